The largest absolute Gasteiger partial charge is 0.285 e. The number of fused-ring (bicyclic) bond motifs is 1. The first kappa shape index (κ1) is 11.4. The summed E-state index contributed by atoms with van der Waals surface area (Å²) in [5, 5.41) is 0. The van der Waals surface area contributed by atoms with Crippen LogP contribution in [0.3, 0.4) is 0 Å². The fourth-order valence-electron chi connectivity index (χ4n) is 2.44. The van der Waals surface area contributed by atoms with Gasteiger partial charge in [0.05, 0.1) is 6.54 Å². The Balaban J connectivity index is 2.58. The van der Waals surface area contributed by atoms with Crippen LogP contribution in [0.2, 0.25) is 0 Å². The SMILES string of the molecule is CC1=NCc2cc(C(C)C)c(C(C)C)cc21. The Bertz CT molecular complexity index is 439. The Hall–Kier alpha value is -1.11. The first-order valence-corrected chi connectivity index (χ1v) is 6.18. The molecule has 0 saturated carbocycles. The van der Waals surface area contributed by atoms with Crippen molar-refractivity contribution < 1.29 is 0 Å². The van der Waals surface area contributed by atoms with Crippen molar-refractivity contribution in [3.8, 4) is 0 Å². The van der Waals surface area contributed by atoms with E-state index in [1.807, 2.05) is 0 Å². The Kier molecular flexibility index (Phi) is 2.88. The molecule has 1 aromatic rings. The molecule has 0 atom stereocenters. The van der Waals surface area contributed by atoms with Gasteiger partial charge in [0.1, 0.15) is 0 Å². The Morgan fingerprint density at radius 1 is 1.00 bits per heavy atom. The maximum absolute atomic E-state index is 4.52. The van der Waals surface area contributed by atoms with Crippen molar-refractivity contribution in [1.82, 2.24) is 0 Å². The quantitative estimate of drug-likeness (QED) is 0.699. The van der Waals surface area contributed by atoms with Gasteiger partial charge in [-0.15, -0.1) is 0 Å². The summed E-state index contributed by atoms with van der Waals surface area (Å²) in [4.78, 5) is 4.52. The highest BCUT2D eigenvalue weighted by Gasteiger charge is 2.18. The standard InChI is InChI=1S/C15H21N/c1-9(2)13-6-12-8-16-11(5)15(12)7-14(13)10(3)4/h6-7,9-10H,8H2,1-5H3. The van der Waals surface area contributed by atoms with Crippen LogP contribution in [0, 0.1) is 0 Å². The van der Waals surface area contributed by atoms with Crippen LogP contribution in [0.5, 0.6) is 0 Å². The van der Waals surface area contributed by atoms with Gasteiger partial charge >= 0.3 is 0 Å². The highest BCUT2D eigenvalue weighted by molar-refractivity contribution is 6.02. The number of aliphatic imine (C=N–C) groups is 1. The van der Waals surface area contributed by atoms with Gasteiger partial charge in [-0.25, -0.2) is 0 Å². The molecule has 0 saturated heterocycles. The summed E-state index contributed by atoms with van der Waals surface area (Å²) in [7, 11) is 0. The first-order valence-electron chi connectivity index (χ1n) is 6.18. The summed E-state index contributed by atoms with van der Waals surface area (Å²) in [5.74, 6) is 1.19. The normalized spacial score (nSPS) is 14.6. The summed E-state index contributed by atoms with van der Waals surface area (Å²) in [6.45, 7) is 12.1. The van der Waals surface area contributed by atoms with Crippen molar-refractivity contribution in [3.05, 3.63) is 34.4 Å². The van der Waals surface area contributed by atoms with Crippen molar-refractivity contribution in [2.24, 2.45) is 4.99 Å². The molecule has 0 fully saturated rings. The average Bonchev–Trinajstić information content (AvgIpc) is 2.58. The van der Waals surface area contributed by atoms with Gasteiger partial charge in [-0.3, -0.25) is 4.99 Å². The summed E-state index contributed by atoms with van der Waals surface area (Å²) in [6, 6.07) is 4.73. The van der Waals surface area contributed by atoms with Gasteiger partial charge in [-0.2, -0.15) is 0 Å². The molecule has 1 aromatic carbocycles. The molecule has 0 spiro atoms. The number of benzene rings is 1. The minimum absolute atomic E-state index is 0.594. The monoisotopic (exact) mass is 215 g/mol. The molecule has 2 rings (SSSR count). The van der Waals surface area contributed by atoms with Crippen molar-refractivity contribution in [3.63, 3.8) is 0 Å². The van der Waals surface area contributed by atoms with E-state index in [0.717, 1.165) is 6.54 Å². The lowest BCUT2D eigenvalue weighted by Gasteiger charge is -2.18. The first-order chi connectivity index (χ1) is 7.50. The molecule has 1 heteroatoms. The number of nitrogens with zero attached hydrogens (tertiary/aromatic N) is 1. The molecule has 1 aliphatic heterocycles. The van der Waals surface area contributed by atoms with Crippen LogP contribution in [0.25, 0.3) is 0 Å². The van der Waals surface area contributed by atoms with E-state index in [0.29, 0.717) is 11.8 Å². The molecule has 1 heterocycles. The maximum Gasteiger partial charge on any atom is 0.0649 e. The lowest BCUT2D eigenvalue weighted by Crippen LogP contribution is -2.03. The fourth-order valence-corrected chi connectivity index (χ4v) is 2.44. The van der Waals surface area contributed by atoms with Gasteiger partial charge in [-0.05, 0) is 41.5 Å². The van der Waals surface area contributed by atoms with Gasteiger partial charge in [-0.1, -0.05) is 33.8 Å². The van der Waals surface area contributed by atoms with E-state index in [1.165, 1.54) is 28.0 Å². The van der Waals surface area contributed by atoms with Crippen LogP contribution in [-0.4, -0.2) is 5.71 Å². The van der Waals surface area contributed by atoms with E-state index in [2.05, 4.69) is 51.7 Å². The second kappa shape index (κ2) is 4.04. The molecule has 1 nitrogen and oxygen atoms in total. The molecular weight excluding hydrogens is 194 g/mol. The predicted molar refractivity (Wildman–Crippen MR) is 70.5 cm³/mol. The molecular formula is C15H21N. The molecule has 0 unspecified atom stereocenters. The second-order valence-corrected chi connectivity index (χ2v) is 5.35. The summed E-state index contributed by atoms with van der Waals surface area (Å²) < 4.78 is 0. The van der Waals surface area contributed by atoms with E-state index in [1.54, 1.807) is 0 Å². The van der Waals surface area contributed by atoms with Crippen molar-refractivity contribution >= 4 is 5.71 Å². The Morgan fingerprint density at radius 2 is 1.56 bits per heavy atom. The smallest absolute Gasteiger partial charge is 0.0649 e. The molecule has 0 aliphatic carbocycles. The Morgan fingerprint density at radius 3 is 2.12 bits per heavy atom. The number of rotatable bonds is 2. The van der Waals surface area contributed by atoms with Crippen molar-refractivity contribution in [2.75, 3.05) is 0 Å². The molecule has 16 heavy (non-hydrogen) atoms. The molecule has 0 N–H and O–H groups in total. The highest BCUT2D eigenvalue weighted by atomic mass is 14.8. The second-order valence-electron chi connectivity index (χ2n) is 5.35. The minimum Gasteiger partial charge on any atom is -0.285 e. The minimum atomic E-state index is 0.594. The summed E-state index contributed by atoms with van der Waals surface area (Å²) in [5.41, 5.74) is 6.97. The van der Waals surface area contributed by atoms with E-state index in [-0.39, 0.29) is 0 Å². The zero-order chi connectivity index (χ0) is 11.9. The zero-order valence-corrected chi connectivity index (χ0v) is 11.0. The molecule has 0 bridgehead atoms. The number of hydrogen-bond acceptors (Lipinski definition) is 1. The lowest BCUT2D eigenvalue weighted by atomic mass is 9.87. The van der Waals surface area contributed by atoms with Crippen LogP contribution >= 0.6 is 0 Å². The van der Waals surface area contributed by atoms with Crippen LogP contribution in [0.4, 0.5) is 0 Å². The van der Waals surface area contributed by atoms with Gasteiger partial charge in [0.25, 0.3) is 0 Å². The Labute approximate surface area is 98.6 Å². The predicted octanol–water partition coefficient (Wildman–Crippen LogP) is 4.26. The highest BCUT2D eigenvalue weighted by Crippen LogP contribution is 2.31. The van der Waals surface area contributed by atoms with E-state index >= 15 is 0 Å². The van der Waals surface area contributed by atoms with Crippen LogP contribution in [0.15, 0.2) is 17.1 Å². The average molecular weight is 215 g/mol. The fraction of sp³-hybridized carbons (Fsp3) is 0.533. The van der Waals surface area contributed by atoms with Crippen LogP contribution in [-0.2, 0) is 6.54 Å². The van der Waals surface area contributed by atoms with E-state index in [9.17, 15) is 0 Å². The van der Waals surface area contributed by atoms with E-state index in [4.69, 9.17) is 0 Å². The van der Waals surface area contributed by atoms with Crippen molar-refractivity contribution in [2.45, 2.75) is 53.0 Å². The third-order valence-electron chi connectivity index (χ3n) is 3.43. The zero-order valence-electron chi connectivity index (χ0n) is 11.0. The topological polar surface area (TPSA) is 12.4 Å². The molecule has 86 valence electrons. The van der Waals surface area contributed by atoms with Crippen molar-refractivity contribution in [1.29, 1.82) is 0 Å². The molecule has 0 amide bonds. The molecule has 1 aliphatic rings. The maximum atomic E-state index is 4.52. The van der Waals surface area contributed by atoms with Gasteiger partial charge < -0.3 is 0 Å². The molecule has 0 aromatic heterocycles. The lowest BCUT2D eigenvalue weighted by molar-refractivity contribution is 0.787. The molecule has 0 radical (unpaired) electrons. The third kappa shape index (κ3) is 1.79. The van der Waals surface area contributed by atoms with E-state index < -0.39 is 0 Å². The van der Waals surface area contributed by atoms with Gasteiger partial charge in [0, 0.05) is 11.3 Å². The van der Waals surface area contributed by atoms with Gasteiger partial charge in [0.2, 0.25) is 0 Å². The van der Waals surface area contributed by atoms with Crippen LogP contribution in [0.1, 0.15) is 68.7 Å². The van der Waals surface area contributed by atoms with Gasteiger partial charge in [0.15, 0.2) is 0 Å². The number of hydrogen-bond donors (Lipinski definition) is 0. The summed E-state index contributed by atoms with van der Waals surface area (Å²) in [6.07, 6.45) is 0. The summed E-state index contributed by atoms with van der Waals surface area (Å²) >= 11 is 0. The third-order valence-corrected chi connectivity index (χ3v) is 3.43. The van der Waals surface area contributed by atoms with Crippen LogP contribution < -0.4 is 0 Å².